The highest BCUT2D eigenvalue weighted by Crippen LogP contribution is 2.30. The van der Waals surface area contributed by atoms with Crippen LogP contribution in [0.4, 0.5) is 4.39 Å². The van der Waals surface area contributed by atoms with Crippen LogP contribution in [0.2, 0.25) is 0 Å². The van der Waals surface area contributed by atoms with Gasteiger partial charge >= 0.3 is 0 Å². The van der Waals surface area contributed by atoms with Crippen LogP contribution >= 0.6 is 15.9 Å². The lowest BCUT2D eigenvalue weighted by atomic mass is 10.0. The molecule has 1 N–H and O–H groups in total. The molecular weight excluding hydrogens is 335 g/mol. The molecule has 0 aliphatic heterocycles. The number of aromatic nitrogens is 3. The van der Waals surface area contributed by atoms with E-state index < -0.39 is 0 Å². The summed E-state index contributed by atoms with van der Waals surface area (Å²) < 4.78 is 16.9. The first kappa shape index (κ1) is 16.1. The highest BCUT2D eigenvalue weighted by atomic mass is 79.9. The Bertz CT molecular complexity index is 565. The predicted molar refractivity (Wildman–Crippen MR) is 84.5 cm³/mol. The molecule has 0 fully saturated rings. The standard InChI is InChI=1S/C15H20BrFN4/c1-3-8-18-15(13-10-19-20-21(13)9-4-2)14-11(16)6-5-7-12(14)17/h5-7,10,15,18H,3-4,8-9H2,1-2H3. The minimum Gasteiger partial charge on any atom is -0.305 e. The molecule has 1 heterocycles. The van der Waals surface area contributed by atoms with Crippen molar-refractivity contribution < 1.29 is 4.39 Å². The van der Waals surface area contributed by atoms with Crippen molar-refractivity contribution in [3.63, 3.8) is 0 Å². The summed E-state index contributed by atoms with van der Waals surface area (Å²) in [5, 5.41) is 11.5. The van der Waals surface area contributed by atoms with Crippen LogP contribution in [0.5, 0.6) is 0 Å². The van der Waals surface area contributed by atoms with Gasteiger partial charge in [0.05, 0.1) is 17.9 Å². The number of benzene rings is 1. The first-order valence-corrected chi connectivity index (χ1v) is 8.04. The molecule has 0 spiro atoms. The second kappa shape index (κ2) is 7.66. The van der Waals surface area contributed by atoms with Crippen LogP contribution in [0.3, 0.4) is 0 Å². The lowest BCUT2D eigenvalue weighted by molar-refractivity contribution is 0.487. The third-order valence-corrected chi connectivity index (χ3v) is 3.96. The molecule has 0 radical (unpaired) electrons. The maximum atomic E-state index is 14.3. The molecule has 1 unspecified atom stereocenters. The summed E-state index contributed by atoms with van der Waals surface area (Å²) in [5.41, 5.74) is 1.49. The minimum absolute atomic E-state index is 0.234. The zero-order valence-corrected chi connectivity index (χ0v) is 13.9. The summed E-state index contributed by atoms with van der Waals surface area (Å²) >= 11 is 3.46. The Morgan fingerprint density at radius 2 is 2.14 bits per heavy atom. The highest BCUT2D eigenvalue weighted by molar-refractivity contribution is 9.10. The first-order valence-electron chi connectivity index (χ1n) is 7.24. The van der Waals surface area contributed by atoms with Gasteiger partial charge in [-0.05, 0) is 31.5 Å². The molecule has 0 aliphatic carbocycles. The number of nitrogens with one attached hydrogen (secondary N) is 1. The van der Waals surface area contributed by atoms with Crippen LogP contribution in [0.25, 0.3) is 0 Å². The molecule has 0 amide bonds. The summed E-state index contributed by atoms with van der Waals surface area (Å²) in [7, 11) is 0. The topological polar surface area (TPSA) is 42.7 Å². The SMILES string of the molecule is CCCNC(c1c(F)cccc1Br)c1cnnn1CCC. The molecule has 4 nitrogen and oxygen atoms in total. The molecule has 2 rings (SSSR count). The van der Waals surface area contributed by atoms with Crippen LogP contribution in [-0.4, -0.2) is 21.5 Å². The Morgan fingerprint density at radius 1 is 1.33 bits per heavy atom. The molecule has 21 heavy (non-hydrogen) atoms. The van der Waals surface area contributed by atoms with Gasteiger partial charge in [0.25, 0.3) is 0 Å². The smallest absolute Gasteiger partial charge is 0.129 e. The zero-order chi connectivity index (χ0) is 15.2. The fourth-order valence-electron chi connectivity index (χ4n) is 2.30. The summed E-state index contributed by atoms with van der Waals surface area (Å²) in [6, 6.07) is 4.77. The van der Waals surface area contributed by atoms with Crippen LogP contribution in [0.15, 0.2) is 28.9 Å². The maximum Gasteiger partial charge on any atom is 0.129 e. The monoisotopic (exact) mass is 354 g/mol. The number of hydrogen-bond donors (Lipinski definition) is 1. The van der Waals surface area contributed by atoms with Gasteiger partial charge < -0.3 is 5.32 Å². The van der Waals surface area contributed by atoms with E-state index in [1.807, 2.05) is 10.7 Å². The number of hydrogen-bond acceptors (Lipinski definition) is 3. The number of halogens is 2. The van der Waals surface area contributed by atoms with Gasteiger partial charge in [0.1, 0.15) is 5.82 Å². The van der Waals surface area contributed by atoms with Crippen LogP contribution in [0.1, 0.15) is 44.0 Å². The molecule has 0 saturated heterocycles. The van der Waals surface area contributed by atoms with Crippen LogP contribution < -0.4 is 5.32 Å². The van der Waals surface area contributed by atoms with Crippen molar-refractivity contribution in [2.45, 2.75) is 39.3 Å². The molecule has 0 aliphatic rings. The molecule has 0 saturated carbocycles. The molecule has 1 aromatic carbocycles. The maximum absolute atomic E-state index is 14.3. The summed E-state index contributed by atoms with van der Waals surface area (Å²) in [6.07, 6.45) is 3.63. The second-order valence-corrected chi connectivity index (χ2v) is 5.76. The van der Waals surface area contributed by atoms with E-state index >= 15 is 0 Å². The van der Waals surface area contributed by atoms with Crippen molar-refractivity contribution in [2.24, 2.45) is 0 Å². The van der Waals surface area contributed by atoms with E-state index in [9.17, 15) is 4.39 Å². The van der Waals surface area contributed by atoms with Crippen LogP contribution in [0, 0.1) is 5.82 Å². The predicted octanol–water partition coefficient (Wildman–Crippen LogP) is 3.68. The van der Waals surface area contributed by atoms with Gasteiger partial charge in [-0.15, -0.1) is 5.10 Å². The Labute approximate surface area is 132 Å². The average molecular weight is 355 g/mol. The Morgan fingerprint density at radius 3 is 2.81 bits per heavy atom. The zero-order valence-electron chi connectivity index (χ0n) is 12.3. The number of rotatable bonds is 7. The summed E-state index contributed by atoms with van der Waals surface area (Å²) in [4.78, 5) is 0. The summed E-state index contributed by atoms with van der Waals surface area (Å²) in [6.45, 7) is 5.73. The molecular formula is C15H20BrFN4. The second-order valence-electron chi connectivity index (χ2n) is 4.90. The first-order chi connectivity index (χ1) is 10.2. The van der Waals surface area contributed by atoms with Gasteiger partial charge in [-0.3, -0.25) is 0 Å². The molecule has 114 valence electrons. The van der Waals surface area contributed by atoms with Gasteiger partial charge in [0.15, 0.2) is 0 Å². The molecule has 0 bridgehead atoms. The van der Waals surface area contributed by atoms with Gasteiger partial charge in [0, 0.05) is 16.6 Å². The van der Waals surface area contributed by atoms with Gasteiger partial charge in [0.2, 0.25) is 0 Å². The average Bonchev–Trinajstić information content (AvgIpc) is 2.90. The van der Waals surface area contributed by atoms with Gasteiger partial charge in [-0.25, -0.2) is 9.07 Å². The van der Waals surface area contributed by atoms with Crippen molar-refractivity contribution in [1.82, 2.24) is 20.3 Å². The normalized spacial score (nSPS) is 12.6. The third-order valence-electron chi connectivity index (χ3n) is 3.27. The van der Waals surface area contributed by atoms with Crippen molar-refractivity contribution in [3.8, 4) is 0 Å². The van der Waals surface area contributed by atoms with E-state index in [1.165, 1.54) is 6.07 Å². The van der Waals surface area contributed by atoms with E-state index in [0.717, 1.165) is 36.1 Å². The van der Waals surface area contributed by atoms with E-state index in [4.69, 9.17) is 0 Å². The van der Waals surface area contributed by atoms with Gasteiger partial charge in [-0.2, -0.15) is 0 Å². The van der Waals surface area contributed by atoms with Crippen molar-refractivity contribution in [1.29, 1.82) is 0 Å². The third kappa shape index (κ3) is 3.68. The van der Waals surface area contributed by atoms with E-state index in [-0.39, 0.29) is 11.9 Å². The van der Waals surface area contributed by atoms with E-state index in [0.29, 0.717) is 5.56 Å². The van der Waals surface area contributed by atoms with E-state index in [1.54, 1.807) is 12.3 Å². The number of aryl methyl sites for hydroxylation is 1. The minimum atomic E-state index is -0.262. The molecule has 1 aromatic heterocycles. The molecule has 2 aromatic rings. The van der Waals surface area contributed by atoms with Crippen molar-refractivity contribution in [3.05, 3.63) is 45.9 Å². The Hall–Kier alpha value is -1.27. The molecule has 1 atom stereocenters. The van der Waals surface area contributed by atoms with Crippen molar-refractivity contribution >= 4 is 15.9 Å². The Balaban J connectivity index is 2.45. The lowest BCUT2D eigenvalue weighted by Crippen LogP contribution is -2.27. The van der Waals surface area contributed by atoms with E-state index in [2.05, 4.69) is 45.4 Å². The molecule has 6 heteroatoms. The largest absolute Gasteiger partial charge is 0.305 e. The lowest BCUT2D eigenvalue weighted by Gasteiger charge is -2.21. The van der Waals surface area contributed by atoms with Gasteiger partial charge in [-0.1, -0.05) is 41.1 Å². The fourth-order valence-corrected chi connectivity index (χ4v) is 2.88. The fraction of sp³-hybridized carbons (Fsp3) is 0.467. The Kier molecular flexibility index (Phi) is 5.87. The van der Waals surface area contributed by atoms with Crippen molar-refractivity contribution in [2.75, 3.05) is 6.54 Å². The van der Waals surface area contributed by atoms with Crippen LogP contribution in [-0.2, 0) is 6.54 Å². The highest BCUT2D eigenvalue weighted by Gasteiger charge is 2.23. The quantitative estimate of drug-likeness (QED) is 0.824. The number of nitrogens with zero attached hydrogens (tertiary/aromatic N) is 3. The summed E-state index contributed by atoms with van der Waals surface area (Å²) in [5.74, 6) is -0.234.